The SMILES string of the molecule is CCCC(C)(C)NOC(C(C)=O)C(C)=O. The first-order valence-electron chi connectivity index (χ1n) is 5.24. The second-order valence-corrected chi connectivity index (χ2v) is 4.46. The fourth-order valence-corrected chi connectivity index (χ4v) is 1.35. The van der Waals surface area contributed by atoms with E-state index >= 15 is 0 Å². The van der Waals surface area contributed by atoms with Crippen LogP contribution in [-0.2, 0) is 14.4 Å². The summed E-state index contributed by atoms with van der Waals surface area (Å²) in [7, 11) is 0. The lowest BCUT2D eigenvalue weighted by Gasteiger charge is -2.26. The van der Waals surface area contributed by atoms with Gasteiger partial charge in [-0.25, -0.2) is 0 Å². The Morgan fingerprint density at radius 1 is 1.27 bits per heavy atom. The Morgan fingerprint density at radius 2 is 1.73 bits per heavy atom. The molecule has 0 aliphatic heterocycles. The van der Waals surface area contributed by atoms with Gasteiger partial charge in [-0.15, -0.1) is 0 Å². The summed E-state index contributed by atoms with van der Waals surface area (Å²) in [6, 6.07) is 0. The normalized spacial score (nSPS) is 11.9. The van der Waals surface area contributed by atoms with Crippen LogP contribution in [0.5, 0.6) is 0 Å². The van der Waals surface area contributed by atoms with E-state index < -0.39 is 6.10 Å². The van der Waals surface area contributed by atoms with Crippen molar-refractivity contribution in [1.29, 1.82) is 0 Å². The maximum absolute atomic E-state index is 11.1. The monoisotopic (exact) mass is 215 g/mol. The predicted octanol–water partition coefficient (Wildman–Crippen LogP) is 1.63. The Hall–Kier alpha value is -0.740. The van der Waals surface area contributed by atoms with Gasteiger partial charge in [-0.05, 0) is 34.1 Å². The van der Waals surface area contributed by atoms with Gasteiger partial charge >= 0.3 is 0 Å². The van der Waals surface area contributed by atoms with E-state index in [1.165, 1.54) is 13.8 Å². The van der Waals surface area contributed by atoms with Gasteiger partial charge in [0.1, 0.15) is 0 Å². The molecule has 0 aromatic rings. The maximum Gasteiger partial charge on any atom is 0.194 e. The molecule has 0 spiro atoms. The molecule has 0 aliphatic rings. The van der Waals surface area contributed by atoms with E-state index in [-0.39, 0.29) is 17.1 Å². The lowest BCUT2D eigenvalue weighted by Crippen LogP contribution is -2.45. The highest BCUT2D eigenvalue weighted by atomic mass is 16.7. The van der Waals surface area contributed by atoms with E-state index in [2.05, 4.69) is 12.4 Å². The molecular formula is C11H21NO3. The molecule has 0 bridgehead atoms. The molecule has 0 saturated carbocycles. The fourth-order valence-electron chi connectivity index (χ4n) is 1.35. The molecule has 0 heterocycles. The topological polar surface area (TPSA) is 55.4 Å². The lowest BCUT2D eigenvalue weighted by molar-refractivity contribution is -0.150. The van der Waals surface area contributed by atoms with Gasteiger partial charge in [0.25, 0.3) is 0 Å². The first-order chi connectivity index (χ1) is 6.80. The van der Waals surface area contributed by atoms with Crippen molar-refractivity contribution in [1.82, 2.24) is 5.48 Å². The van der Waals surface area contributed by atoms with Crippen LogP contribution in [0, 0.1) is 0 Å². The predicted molar refractivity (Wildman–Crippen MR) is 58.4 cm³/mol. The van der Waals surface area contributed by atoms with Crippen molar-refractivity contribution in [2.45, 2.75) is 59.1 Å². The summed E-state index contributed by atoms with van der Waals surface area (Å²) >= 11 is 0. The third-order valence-electron chi connectivity index (χ3n) is 2.07. The van der Waals surface area contributed by atoms with Crippen molar-refractivity contribution in [2.24, 2.45) is 0 Å². The summed E-state index contributed by atoms with van der Waals surface area (Å²) in [6.07, 6.45) is 0.935. The van der Waals surface area contributed by atoms with Gasteiger partial charge in [-0.2, -0.15) is 5.48 Å². The van der Waals surface area contributed by atoms with Crippen LogP contribution < -0.4 is 5.48 Å². The molecule has 0 unspecified atom stereocenters. The first-order valence-corrected chi connectivity index (χ1v) is 5.24. The van der Waals surface area contributed by atoms with Crippen LogP contribution in [0.25, 0.3) is 0 Å². The molecular weight excluding hydrogens is 194 g/mol. The molecule has 4 nitrogen and oxygen atoms in total. The Balaban J connectivity index is 4.22. The van der Waals surface area contributed by atoms with Crippen molar-refractivity contribution >= 4 is 11.6 Å². The zero-order valence-electron chi connectivity index (χ0n) is 10.2. The average molecular weight is 215 g/mol. The number of carbonyl (C=O) groups is 2. The van der Waals surface area contributed by atoms with E-state index in [9.17, 15) is 9.59 Å². The minimum atomic E-state index is -0.985. The summed E-state index contributed by atoms with van der Waals surface area (Å²) in [5.74, 6) is -0.551. The molecule has 0 rings (SSSR count). The molecule has 15 heavy (non-hydrogen) atoms. The molecule has 1 N–H and O–H groups in total. The van der Waals surface area contributed by atoms with Gasteiger partial charge in [-0.3, -0.25) is 14.4 Å². The molecule has 0 aliphatic carbocycles. The minimum absolute atomic E-state index is 0.224. The van der Waals surface area contributed by atoms with Gasteiger partial charge in [0.05, 0.1) is 0 Å². The van der Waals surface area contributed by atoms with Gasteiger partial charge in [0, 0.05) is 5.54 Å². The molecule has 0 amide bonds. The number of hydrogen-bond donors (Lipinski definition) is 1. The van der Waals surface area contributed by atoms with Crippen LogP contribution in [0.15, 0.2) is 0 Å². The number of hydroxylamine groups is 1. The van der Waals surface area contributed by atoms with Crippen molar-refractivity contribution in [3.05, 3.63) is 0 Å². The van der Waals surface area contributed by atoms with Crippen LogP contribution in [-0.4, -0.2) is 23.2 Å². The molecule has 4 heteroatoms. The average Bonchev–Trinajstić information content (AvgIpc) is 2.01. The third kappa shape index (κ3) is 5.64. The number of nitrogens with one attached hydrogen (secondary N) is 1. The lowest BCUT2D eigenvalue weighted by atomic mass is 10.0. The Kier molecular flexibility index (Phi) is 5.68. The zero-order valence-corrected chi connectivity index (χ0v) is 10.2. The van der Waals surface area contributed by atoms with Gasteiger partial charge in [-0.1, -0.05) is 13.3 Å². The summed E-state index contributed by atoms with van der Waals surface area (Å²) in [4.78, 5) is 27.3. The van der Waals surface area contributed by atoms with Crippen LogP contribution in [0.4, 0.5) is 0 Å². The maximum atomic E-state index is 11.1. The van der Waals surface area contributed by atoms with Gasteiger partial charge in [0.15, 0.2) is 17.7 Å². The highest BCUT2D eigenvalue weighted by molar-refractivity contribution is 6.03. The fraction of sp³-hybridized carbons (Fsp3) is 0.818. The van der Waals surface area contributed by atoms with Gasteiger partial charge in [0.2, 0.25) is 0 Å². The third-order valence-corrected chi connectivity index (χ3v) is 2.07. The molecule has 0 atom stereocenters. The van der Waals surface area contributed by atoms with E-state index in [1.807, 2.05) is 13.8 Å². The minimum Gasteiger partial charge on any atom is -0.296 e. The summed E-state index contributed by atoms with van der Waals surface area (Å²) in [6.45, 7) is 8.69. The van der Waals surface area contributed by atoms with E-state index in [0.29, 0.717) is 0 Å². The second kappa shape index (κ2) is 5.98. The van der Waals surface area contributed by atoms with E-state index in [0.717, 1.165) is 12.8 Å². The molecule has 88 valence electrons. The Bertz CT molecular complexity index is 222. The Morgan fingerprint density at radius 3 is 2.07 bits per heavy atom. The van der Waals surface area contributed by atoms with E-state index in [4.69, 9.17) is 4.84 Å². The van der Waals surface area contributed by atoms with Gasteiger partial charge < -0.3 is 0 Å². The van der Waals surface area contributed by atoms with Crippen LogP contribution in [0.2, 0.25) is 0 Å². The number of hydrogen-bond acceptors (Lipinski definition) is 4. The molecule has 0 aromatic carbocycles. The summed E-state index contributed by atoms with van der Waals surface area (Å²) in [5, 5.41) is 0. The molecule has 0 fully saturated rings. The van der Waals surface area contributed by atoms with Crippen LogP contribution in [0.1, 0.15) is 47.5 Å². The smallest absolute Gasteiger partial charge is 0.194 e. The molecule has 0 radical (unpaired) electrons. The summed E-state index contributed by atoms with van der Waals surface area (Å²) in [5.41, 5.74) is 2.56. The highest BCUT2D eigenvalue weighted by Crippen LogP contribution is 2.11. The Labute approximate surface area is 91.3 Å². The number of ketones is 2. The number of rotatable bonds is 7. The number of carbonyl (C=O) groups excluding carboxylic acids is 2. The highest BCUT2D eigenvalue weighted by Gasteiger charge is 2.24. The quantitative estimate of drug-likeness (QED) is 0.518. The standard InChI is InChI=1S/C11H21NO3/c1-6-7-11(4,5)12-15-10(8(2)13)9(3)14/h10,12H,6-7H2,1-5H3. The van der Waals surface area contributed by atoms with Crippen LogP contribution in [0.3, 0.4) is 0 Å². The van der Waals surface area contributed by atoms with Crippen molar-refractivity contribution in [3.8, 4) is 0 Å². The van der Waals surface area contributed by atoms with Crippen molar-refractivity contribution in [3.63, 3.8) is 0 Å². The summed E-state index contributed by atoms with van der Waals surface area (Å²) < 4.78 is 0. The van der Waals surface area contributed by atoms with Crippen molar-refractivity contribution < 1.29 is 14.4 Å². The molecule has 0 aromatic heterocycles. The van der Waals surface area contributed by atoms with Crippen molar-refractivity contribution in [2.75, 3.05) is 0 Å². The number of Topliss-reactive ketones (excluding diaryl/α,β-unsaturated/α-hetero) is 2. The van der Waals surface area contributed by atoms with E-state index in [1.54, 1.807) is 0 Å². The second-order valence-electron chi connectivity index (χ2n) is 4.46. The zero-order chi connectivity index (χ0) is 12.1. The largest absolute Gasteiger partial charge is 0.296 e. The van der Waals surface area contributed by atoms with Crippen LogP contribution >= 0.6 is 0 Å². The first kappa shape index (κ1) is 14.3. The molecule has 0 saturated heterocycles.